The summed E-state index contributed by atoms with van der Waals surface area (Å²) in [5.41, 5.74) is 1.80. The molecule has 1 aliphatic rings. The van der Waals surface area contributed by atoms with E-state index < -0.39 is 0 Å². The summed E-state index contributed by atoms with van der Waals surface area (Å²) in [7, 11) is 0. The zero-order valence-electron chi connectivity index (χ0n) is 10.1. The Hall–Kier alpha value is -1.88. The number of fused-ring (bicyclic) bond motifs is 1. The monoisotopic (exact) mass is 244 g/mol. The van der Waals surface area contributed by atoms with Crippen LogP contribution in [0.3, 0.4) is 0 Å². The third-order valence-electron chi connectivity index (χ3n) is 3.33. The molecule has 3 rings (SSSR count). The van der Waals surface area contributed by atoms with Crippen molar-refractivity contribution in [3.8, 4) is 0 Å². The highest BCUT2D eigenvalue weighted by atomic mass is 16.2. The average molecular weight is 244 g/mol. The normalized spacial score (nSPS) is 19.9. The molecule has 1 fully saturated rings. The molecule has 0 unspecified atom stereocenters. The fourth-order valence-corrected chi connectivity index (χ4v) is 2.33. The first-order valence-corrected chi connectivity index (χ1v) is 6.30. The van der Waals surface area contributed by atoms with Gasteiger partial charge in [0, 0.05) is 11.1 Å². The maximum atomic E-state index is 12.0. The number of aromatic nitrogens is 2. The molecule has 2 heterocycles. The first-order valence-electron chi connectivity index (χ1n) is 6.30. The van der Waals surface area contributed by atoms with Crippen molar-refractivity contribution in [2.45, 2.75) is 25.3 Å². The van der Waals surface area contributed by atoms with Crippen molar-refractivity contribution in [1.82, 2.24) is 15.5 Å². The maximum Gasteiger partial charge on any atom is 0.241 e. The largest absolute Gasteiger partial charge is 0.325 e. The molecule has 94 valence electrons. The van der Waals surface area contributed by atoms with Crippen LogP contribution in [-0.4, -0.2) is 28.7 Å². The van der Waals surface area contributed by atoms with Gasteiger partial charge in [-0.05, 0) is 37.6 Å². The van der Waals surface area contributed by atoms with Gasteiger partial charge in [0.15, 0.2) is 0 Å². The summed E-state index contributed by atoms with van der Waals surface area (Å²) < 4.78 is 0. The molecule has 1 aliphatic heterocycles. The lowest BCUT2D eigenvalue weighted by molar-refractivity contribution is -0.118. The molecule has 1 aromatic heterocycles. The van der Waals surface area contributed by atoms with Gasteiger partial charge in [0.2, 0.25) is 5.91 Å². The highest BCUT2D eigenvalue weighted by molar-refractivity contribution is 5.96. The van der Waals surface area contributed by atoms with Crippen LogP contribution >= 0.6 is 0 Å². The highest BCUT2D eigenvalue weighted by Crippen LogP contribution is 2.17. The number of benzene rings is 1. The molecule has 5 heteroatoms. The molecule has 3 N–H and O–H groups in total. The first kappa shape index (κ1) is 11.2. The summed E-state index contributed by atoms with van der Waals surface area (Å²) in [6.45, 7) is 0.929. The fraction of sp³-hybridized carbons (Fsp3) is 0.385. The summed E-state index contributed by atoms with van der Waals surface area (Å²) in [5, 5.41) is 14.0. The molecular formula is C13H16N4O. The van der Waals surface area contributed by atoms with Crippen LogP contribution in [0.15, 0.2) is 24.4 Å². The molecule has 18 heavy (non-hydrogen) atoms. The van der Waals surface area contributed by atoms with Gasteiger partial charge < -0.3 is 10.6 Å². The predicted octanol–water partition coefficient (Wildman–Crippen LogP) is 1.64. The van der Waals surface area contributed by atoms with Gasteiger partial charge >= 0.3 is 0 Å². The Morgan fingerprint density at radius 1 is 1.39 bits per heavy atom. The number of anilines is 1. The van der Waals surface area contributed by atoms with Crippen LogP contribution in [0.4, 0.5) is 5.69 Å². The van der Waals surface area contributed by atoms with Crippen molar-refractivity contribution in [3.05, 3.63) is 24.4 Å². The number of carbonyl (C=O) groups is 1. The van der Waals surface area contributed by atoms with Crippen LogP contribution in [0.5, 0.6) is 0 Å². The third kappa shape index (κ3) is 2.22. The van der Waals surface area contributed by atoms with Gasteiger partial charge in [-0.2, -0.15) is 5.10 Å². The molecule has 0 aliphatic carbocycles. The standard InChI is InChI=1S/C13H16N4O/c18-13(12-3-1-2-6-14-12)16-10-4-5-11-9(7-10)8-15-17-11/h4-5,7-8,12,14H,1-3,6H2,(H,15,17)(H,16,18)/t12-/m0/s1. The number of hydrogen-bond acceptors (Lipinski definition) is 3. The number of rotatable bonds is 2. The number of hydrogen-bond donors (Lipinski definition) is 3. The van der Waals surface area contributed by atoms with Gasteiger partial charge in [0.1, 0.15) is 0 Å². The second-order valence-corrected chi connectivity index (χ2v) is 4.66. The maximum absolute atomic E-state index is 12.0. The SMILES string of the molecule is O=C(Nc1ccc2[nH]ncc2c1)[C@@H]1CCCCN1. The average Bonchev–Trinajstić information content (AvgIpc) is 2.87. The summed E-state index contributed by atoms with van der Waals surface area (Å²) in [6.07, 6.45) is 4.94. The van der Waals surface area contributed by atoms with Crippen LogP contribution < -0.4 is 10.6 Å². The van der Waals surface area contributed by atoms with E-state index in [0.29, 0.717) is 0 Å². The van der Waals surface area contributed by atoms with Crippen molar-refractivity contribution in [2.24, 2.45) is 0 Å². The van der Waals surface area contributed by atoms with Crippen LogP contribution in [-0.2, 0) is 4.79 Å². The van der Waals surface area contributed by atoms with Gasteiger partial charge in [-0.3, -0.25) is 9.89 Å². The van der Waals surface area contributed by atoms with Crippen LogP contribution in [0, 0.1) is 0 Å². The number of nitrogens with zero attached hydrogens (tertiary/aromatic N) is 1. The van der Waals surface area contributed by atoms with Crippen LogP contribution in [0.25, 0.3) is 10.9 Å². The zero-order chi connectivity index (χ0) is 12.4. The lowest BCUT2D eigenvalue weighted by Gasteiger charge is -2.22. The Kier molecular flexibility index (Phi) is 2.98. The van der Waals surface area contributed by atoms with Gasteiger partial charge in [-0.25, -0.2) is 0 Å². The van der Waals surface area contributed by atoms with Crippen LogP contribution in [0.1, 0.15) is 19.3 Å². The van der Waals surface area contributed by atoms with Crippen molar-refractivity contribution in [2.75, 3.05) is 11.9 Å². The molecule has 5 nitrogen and oxygen atoms in total. The number of amides is 1. The van der Waals surface area contributed by atoms with E-state index in [0.717, 1.165) is 42.4 Å². The topological polar surface area (TPSA) is 69.8 Å². The van der Waals surface area contributed by atoms with Gasteiger partial charge in [0.05, 0.1) is 17.8 Å². The van der Waals surface area contributed by atoms with Crippen molar-refractivity contribution < 1.29 is 4.79 Å². The highest BCUT2D eigenvalue weighted by Gasteiger charge is 2.20. The minimum Gasteiger partial charge on any atom is -0.325 e. The number of carbonyl (C=O) groups excluding carboxylic acids is 1. The Labute approximate surface area is 105 Å². The van der Waals surface area contributed by atoms with E-state index in [2.05, 4.69) is 20.8 Å². The number of nitrogens with one attached hydrogen (secondary N) is 3. The lowest BCUT2D eigenvalue weighted by Crippen LogP contribution is -2.43. The lowest BCUT2D eigenvalue weighted by atomic mass is 10.0. The second-order valence-electron chi connectivity index (χ2n) is 4.66. The fourth-order valence-electron chi connectivity index (χ4n) is 2.33. The van der Waals surface area contributed by atoms with E-state index in [1.807, 2.05) is 18.2 Å². The number of aromatic amines is 1. The van der Waals surface area contributed by atoms with Crippen molar-refractivity contribution >= 4 is 22.5 Å². The molecule has 1 aromatic carbocycles. The molecule has 0 bridgehead atoms. The smallest absolute Gasteiger partial charge is 0.241 e. The minimum absolute atomic E-state index is 0.0533. The Morgan fingerprint density at radius 3 is 3.17 bits per heavy atom. The Bertz CT molecular complexity index is 557. The van der Waals surface area contributed by atoms with Crippen molar-refractivity contribution in [3.63, 3.8) is 0 Å². The van der Waals surface area contributed by atoms with Gasteiger partial charge in [-0.15, -0.1) is 0 Å². The first-order chi connectivity index (χ1) is 8.83. The Balaban J connectivity index is 1.72. The van der Waals surface area contributed by atoms with Crippen LogP contribution in [0.2, 0.25) is 0 Å². The van der Waals surface area contributed by atoms with E-state index in [1.54, 1.807) is 6.20 Å². The molecule has 1 atom stereocenters. The molecule has 2 aromatic rings. The molecular weight excluding hydrogens is 228 g/mol. The molecule has 1 amide bonds. The van der Waals surface area contributed by atoms with Crippen molar-refractivity contribution in [1.29, 1.82) is 0 Å². The molecule has 0 saturated carbocycles. The van der Waals surface area contributed by atoms with Gasteiger partial charge in [0.25, 0.3) is 0 Å². The zero-order valence-corrected chi connectivity index (χ0v) is 10.1. The number of H-pyrrole nitrogens is 1. The van der Waals surface area contributed by atoms with E-state index in [4.69, 9.17) is 0 Å². The summed E-state index contributed by atoms with van der Waals surface area (Å²) in [6, 6.07) is 5.69. The quantitative estimate of drug-likeness (QED) is 0.752. The van der Waals surface area contributed by atoms with E-state index in [-0.39, 0.29) is 11.9 Å². The predicted molar refractivity (Wildman–Crippen MR) is 70.4 cm³/mol. The summed E-state index contributed by atoms with van der Waals surface area (Å²) >= 11 is 0. The molecule has 1 saturated heterocycles. The summed E-state index contributed by atoms with van der Waals surface area (Å²) in [4.78, 5) is 12.0. The minimum atomic E-state index is -0.0567. The van der Waals surface area contributed by atoms with E-state index in [9.17, 15) is 4.79 Å². The molecule has 0 radical (unpaired) electrons. The van der Waals surface area contributed by atoms with E-state index >= 15 is 0 Å². The number of piperidine rings is 1. The van der Waals surface area contributed by atoms with Gasteiger partial charge in [-0.1, -0.05) is 6.42 Å². The molecule has 0 spiro atoms. The third-order valence-corrected chi connectivity index (χ3v) is 3.33. The van der Waals surface area contributed by atoms with E-state index in [1.165, 1.54) is 0 Å². The Morgan fingerprint density at radius 2 is 2.33 bits per heavy atom. The summed E-state index contributed by atoms with van der Waals surface area (Å²) in [5.74, 6) is 0.0533. The second kappa shape index (κ2) is 4.78.